The van der Waals surface area contributed by atoms with Crippen LogP contribution in [0.4, 0.5) is 13.2 Å². The first kappa shape index (κ1) is 12.2. The summed E-state index contributed by atoms with van der Waals surface area (Å²) in [6.45, 7) is 1.00. The van der Waals surface area contributed by atoms with Crippen LogP contribution in [-0.4, -0.2) is 25.9 Å². The highest BCUT2D eigenvalue weighted by Gasteiger charge is 2.40. The summed E-state index contributed by atoms with van der Waals surface area (Å²) in [5, 5.41) is 7.08. The van der Waals surface area contributed by atoms with Gasteiger partial charge in [-0.15, -0.1) is 0 Å². The molecule has 0 radical (unpaired) electrons. The van der Waals surface area contributed by atoms with Crippen molar-refractivity contribution < 1.29 is 13.2 Å². The van der Waals surface area contributed by atoms with Gasteiger partial charge in [0.05, 0.1) is 11.4 Å². The van der Waals surface area contributed by atoms with Gasteiger partial charge in [-0.25, -0.2) is 4.98 Å². The Morgan fingerprint density at radius 3 is 2.79 bits per heavy atom. The smallest absolute Gasteiger partial charge is 0.311 e. The van der Waals surface area contributed by atoms with Crippen molar-refractivity contribution >= 4 is 0 Å². The second kappa shape index (κ2) is 4.09. The summed E-state index contributed by atoms with van der Waals surface area (Å²) in [5.74, 6) is -0.648. The van der Waals surface area contributed by atoms with Crippen LogP contribution in [0, 0.1) is 0 Å². The largest absolute Gasteiger partial charge is 0.450 e. The molecule has 0 unspecified atom stereocenters. The standard InChI is InChI=1S/C11H12F3N5/c1-18-5-3-9(17-18)19-8-2-4-15-6-7(8)16-10(19)11(12,13)14/h3,5,15H,2,4,6H2,1H3. The molecule has 0 saturated carbocycles. The molecule has 0 saturated heterocycles. The Kier molecular flexibility index (Phi) is 2.63. The van der Waals surface area contributed by atoms with Crippen LogP contribution in [0.1, 0.15) is 17.2 Å². The summed E-state index contributed by atoms with van der Waals surface area (Å²) < 4.78 is 41.9. The number of aromatic nitrogens is 4. The van der Waals surface area contributed by atoms with E-state index in [9.17, 15) is 13.2 Å². The van der Waals surface area contributed by atoms with Gasteiger partial charge in [-0.1, -0.05) is 0 Å². The van der Waals surface area contributed by atoms with Crippen molar-refractivity contribution in [3.05, 3.63) is 29.5 Å². The molecular weight excluding hydrogens is 259 g/mol. The van der Waals surface area contributed by atoms with Gasteiger partial charge in [0, 0.05) is 38.8 Å². The molecule has 8 heteroatoms. The maximum absolute atomic E-state index is 13.1. The van der Waals surface area contributed by atoms with Crippen LogP contribution in [0.5, 0.6) is 0 Å². The number of rotatable bonds is 1. The van der Waals surface area contributed by atoms with Crippen LogP contribution in [-0.2, 0) is 26.2 Å². The van der Waals surface area contributed by atoms with Crippen molar-refractivity contribution in [2.45, 2.75) is 19.1 Å². The molecule has 3 rings (SSSR count). The summed E-state index contributed by atoms with van der Waals surface area (Å²) >= 11 is 0. The van der Waals surface area contributed by atoms with Gasteiger partial charge in [0.2, 0.25) is 5.82 Å². The molecule has 0 spiro atoms. The number of nitrogens with one attached hydrogen (secondary N) is 1. The third kappa shape index (κ3) is 2.01. The monoisotopic (exact) mass is 271 g/mol. The Balaban J connectivity index is 2.22. The van der Waals surface area contributed by atoms with Crippen LogP contribution >= 0.6 is 0 Å². The zero-order valence-corrected chi connectivity index (χ0v) is 10.2. The van der Waals surface area contributed by atoms with Crippen LogP contribution in [0.2, 0.25) is 0 Å². The summed E-state index contributed by atoms with van der Waals surface area (Å²) in [6, 6.07) is 1.55. The normalized spacial score (nSPS) is 15.6. The van der Waals surface area contributed by atoms with Gasteiger partial charge in [0.1, 0.15) is 0 Å². The number of hydrogen-bond donors (Lipinski definition) is 1. The van der Waals surface area contributed by atoms with Crippen molar-refractivity contribution in [1.29, 1.82) is 0 Å². The molecule has 102 valence electrons. The lowest BCUT2D eigenvalue weighted by Crippen LogP contribution is -2.25. The Morgan fingerprint density at radius 2 is 2.16 bits per heavy atom. The number of halogens is 3. The third-order valence-corrected chi connectivity index (χ3v) is 3.07. The minimum absolute atomic E-state index is 0.255. The molecule has 0 bridgehead atoms. The lowest BCUT2D eigenvalue weighted by atomic mass is 10.2. The number of alkyl halides is 3. The molecule has 5 nitrogen and oxygen atoms in total. The SMILES string of the molecule is Cn1ccc(-n2c(C(F)(F)F)nc3c2CCNC3)n1. The Morgan fingerprint density at radius 1 is 1.37 bits per heavy atom. The highest BCUT2D eigenvalue weighted by atomic mass is 19.4. The van der Waals surface area contributed by atoms with Crippen molar-refractivity contribution in [2.24, 2.45) is 7.05 Å². The first-order chi connectivity index (χ1) is 8.97. The van der Waals surface area contributed by atoms with E-state index in [-0.39, 0.29) is 5.82 Å². The van der Waals surface area contributed by atoms with E-state index in [4.69, 9.17) is 0 Å². The molecule has 19 heavy (non-hydrogen) atoms. The predicted molar refractivity (Wildman–Crippen MR) is 60.7 cm³/mol. The van der Waals surface area contributed by atoms with Crippen molar-refractivity contribution in [1.82, 2.24) is 24.6 Å². The number of aryl methyl sites for hydroxylation is 1. The average Bonchev–Trinajstić information content (AvgIpc) is 2.91. The van der Waals surface area contributed by atoms with Crippen LogP contribution < -0.4 is 5.32 Å². The van der Waals surface area contributed by atoms with Crippen molar-refractivity contribution in [3.63, 3.8) is 0 Å². The minimum Gasteiger partial charge on any atom is -0.311 e. The van der Waals surface area contributed by atoms with Crippen molar-refractivity contribution in [3.8, 4) is 5.82 Å². The van der Waals surface area contributed by atoms with Gasteiger partial charge in [-0.2, -0.15) is 18.3 Å². The topological polar surface area (TPSA) is 47.7 Å². The number of hydrogen-bond acceptors (Lipinski definition) is 3. The highest BCUT2D eigenvalue weighted by Crippen LogP contribution is 2.33. The van der Waals surface area contributed by atoms with Gasteiger partial charge in [0.25, 0.3) is 0 Å². The lowest BCUT2D eigenvalue weighted by Gasteiger charge is -2.15. The van der Waals surface area contributed by atoms with Gasteiger partial charge >= 0.3 is 6.18 Å². The molecule has 0 amide bonds. The number of fused-ring (bicyclic) bond motifs is 1. The molecule has 0 aliphatic carbocycles. The number of nitrogens with zero attached hydrogens (tertiary/aromatic N) is 4. The van der Waals surface area contributed by atoms with Gasteiger partial charge in [0.15, 0.2) is 5.82 Å². The molecular formula is C11H12F3N5. The van der Waals surface area contributed by atoms with E-state index in [1.54, 1.807) is 19.3 Å². The summed E-state index contributed by atoms with van der Waals surface area (Å²) in [7, 11) is 1.67. The maximum atomic E-state index is 13.1. The maximum Gasteiger partial charge on any atom is 0.450 e. The van der Waals surface area contributed by atoms with Gasteiger partial charge in [-0.05, 0) is 0 Å². The average molecular weight is 271 g/mol. The van der Waals surface area contributed by atoms with Crippen molar-refractivity contribution in [2.75, 3.05) is 6.54 Å². The van der Waals surface area contributed by atoms with E-state index in [1.807, 2.05) is 0 Å². The Labute approximate surface area is 107 Å². The second-order valence-electron chi connectivity index (χ2n) is 4.44. The second-order valence-corrected chi connectivity index (χ2v) is 4.44. The van der Waals surface area contributed by atoms with E-state index in [0.29, 0.717) is 30.9 Å². The summed E-state index contributed by atoms with van der Waals surface area (Å²) in [6.07, 6.45) is -2.37. The lowest BCUT2D eigenvalue weighted by molar-refractivity contribution is -0.146. The zero-order valence-electron chi connectivity index (χ0n) is 10.2. The fourth-order valence-electron chi connectivity index (χ4n) is 2.27. The van der Waals surface area contributed by atoms with E-state index in [1.165, 1.54) is 4.68 Å². The zero-order chi connectivity index (χ0) is 13.6. The minimum atomic E-state index is -4.49. The van der Waals surface area contributed by atoms with Crippen LogP contribution in [0.15, 0.2) is 12.3 Å². The molecule has 0 fully saturated rings. The molecule has 0 aromatic carbocycles. The molecule has 1 aliphatic heterocycles. The van der Waals surface area contributed by atoms with Crippen LogP contribution in [0.3, 0.4) is 0 Å². The fourth-order valence-corrected chi connectivity index (χ4v) is 2.27. The fraction of sp³-hybridized carbons (Fsp3) is 0.455. The third-order valence-electron chi connectivity index (χ3n) is 3.07. The molecule has 0 atom stereocenters. The molecule has 2 aromatic heterocycles. The molecule has 2 aromatic rings. The van der Waals surface area contributed by atoms with Crippen LogP contribution in [0.25, 0.3) is 5.82 Å². The summed E-state index contributed by atoms with van der Waals surface area (Å²) in [5.41, 5.74) is 1.04. The molecule has 1 aliphatic rings. The quantitative estimate of drug-likeness (QED) is 0.849. The first-order valence-corrected chi connectivity index (χ1v) is 5.85. The van der Waals surface area contributed by atoms with E-state index in [2.05, 4.69) is 15.4 Å². The summed E-state index contributed by atoms with van der Waals surface area (Å²) in [4.78, 5) is 3.73. The number of imidazole rings is 1. The van der Waals surface area contributed by atoms with E-state index < -0.39 is 12.0 Å². The Bertz CT molecular complexity index is 610. The molecule has 3 heterocycles. The first-order valence-electron chi connectivity index (χ1n) is 5.85. The van der Waals surface area contributed by atoms with E-state index >= 15 is 0 Å². The Hall–Kier alpha value is -1.83. The highest BCUT2D eigenvalue weighted by molar-refractivity contribution is 5.33. The van der Waals surface area contributed by atoms with Gasteiger partial charge in [-0.3, -0.25) is 9.25 Å². The van der Waals surface area contributed by atoms with Gasteiger partial charge < -0.3 is 5.32 Å². The molecule has 1 N–H and O–H groups in total. The predicted octanol–water partition coefficient (Wildman–Crippen LogP) is 1.27. The van der Waals surface area contributed by atoms with E-state index in [0.717, 1.165) is 4.57 Å².